The number of carbonyl (C=O) groups excluding carboxylic acids is 1. The maximum absolute atomic E-state index is 14.5. The standard InChI is InChI=1S/C54H109N9O23P6/c1-43-26-56(8)31-49(82-43)38-78-89(11,68)60-27-45(3)84-51(34-60)40-80-91(13,70)62-29-46(4)85-52(35-62)41-79-90(12,69)61-28-44(2)83-50(33-61)39-77-87(9,66)59-18-20-74-48(32-59)37-76-88(10,67)63-30-47(5)86-53(36-63)42-81-92(71,55(6)7)58-16-14-57(15-17-58)54(65)75-25-24-73-23-22-72-21-19-64/h43-53,64H,14-42H2,1-13H3/t43-,44-,45-,46-,47-,48-,49-,50-,51-,52-,53-,87?,88?,89?,90?,91?,92?/m0/s1/i20T/t20-,43-,44-,45-,46-,47-,48-,49-,50-,51-,52-,53-,87?,88?,89?,90?,91?,92?. The SMILES string of the molecule is [3H][C@H]1CN(P(C)(=O)OC[C@@H]2CN(P(C)(=O)OC[C@@H]3CN(P(C)(=O)OC[C@@H]4CN(P(C)(=O)OC[C@@H]5CN(C)C[C@H](C)O5)C[C@H](C)O4)C[C@H](C)O3)C[C@H](C)O2)C[C@@H](COP(C)(=O)N2C[C@@H](COP(=O)(N(C)C)N3CCN(C(=O)OCCOCCOCCO)CC3)O[C@@H](C)C2)O1. The van der Waals surface area contributed by atoms with Crippen molar-refractivity contribution in [2.75, 3.05) is 245 Å². The largest absolute Gasteiger partial charge is 0.447 e. The molecular formula is C54H109N9O23P6. The number of aliphatic hydroxyl groups excluding tert-OH is 1. The lowest BCUT2D eigenvalue weighted by atomic mass is 10.2. The van der Waals surface area contributed by atoms with Gasteiger partial charge in [0.15, 0.2) is 0 Å². The van der Waals surface area contributed by atoms with E-state index in [9.17, 15) is 32.2 Å². The van der Waals surface area contributed by atoms with E-state index in [1.54, 1.807) is 55.4 Å². The van der Waals surface area contributed by atoms with E-state index in [4.69, 9.17) is 76.3 Å². The molecule has 7 aliphatic heterocycles. The van der Waals surface area contributed by atoms with Crippen LogP contribution in [0, 0.1) is 0 Å². The van der Waals surface area contributed by atoms with Crippen LogP contribution in [0.1, 0.15) is 36.0 Å². The smallest absolute Gasteiger partial charge is 0.409 e. The molecule has 32 nitrogen and oxygen atoms in total. The van der Waals surface area contributed by atoms with Gasteiger partial charge in [0.25, 0.3) is 37.6 Å². The molecular weight excluding hydrogens is 1330 g/mol. The molecule has 38 heteroatoms. The maximum Gasteiger partial charge on any atom is 0.409 e. The number of ether oxygens (including phenoxy) is 9. The summed E-state index contributed by atoms with van der Waals surface area (Å²) < 4.78 is 196. The van der Waals surface area contributed by atoms with E-state index in [1.165, 1.54) is 29.6 Å². The Kier molecular flexibility index (Phi) is 30.2. The van der Waals surface area contributed by atoms with Crippen LogP contribution in [-0.2, 0) is 97.2 Å². The Morgan fingerprint density at radius 3 is 1.17 bits per heavy atom. The molecule has 0 aliphatic carbocycles. The molecule has 92 heavy (non-hydrogen) atoms. The van der Waals surface area contributed by atoms with Crippen molar-refractivity contribution in [3.05, 3.63) is 0 Å². The maximum atomic E-state index is 14.5. The Balaban J connectivity index is 0.829. The molecule has 0 aromatic carbocycles. The molecule has 0 spiro atoms. The van der Waals surface area contributed by atoms with E-state index >= 15 is 0 Å². The number of likely N-dealkylation sites (N-methyl/N-ethyl adjacent to an activating group) is 1. The molecule has 6 unspecified atom stereocenters. The van der Waals surface area contributed by atoms with Gasteiger partial charge in [0.2, 0.25) is 0 Å². The van der Waals surface area contributed by atoms with Crippen molar-refractivity contribution in [3.63, 3.8) is 0 Å². The zero-order valence-electron chi connectivity index (χ0n) is 57.4. The third-order valence-electron chi connectivity index (χ3n) is 16.7. The molecule has 0 bridgehead atoms. The van der Waals surface area contributed by atoms with Crippen LogP contribution in [0.2, 0.25) is 0 Å². The Hall–Kier alpha value is -0.270. The molecule has 0 saturated carbocycles. The highest BCUT2D eigenvalue weighted by molar-refractivity contribution is 7.57. The van der Waals surface area contributed by atoms with Crippen LogP contribution in [0.5, 0.6) is 0 Å². The molecule has 7 fully saturated rings. The summed E-state index contributed by atoms with van der Waals surface area (Å²) in [7, 11) is -15.7. The molecule has 1 N–H and O–H groups in total. The molecule has 1 amide bonds. The van der Waals surface area contributed by atoms with E-state index < -0.39 is 101 Å². The van der Waals surface area contributed by atoms with Gasteiger partial charge in [-0.1, -0.05) is 0 Å². The van der Waals surface area contributed by atoms with Gasteiger partial charge in [-0.2, -0.15) is 0 Å². The van der Waals surface area contributed by atoms with Gasteiger partial charge in [0.1, 0.15) is 6.61 Å². The van der Waals surface area contributed by atoms with Crippen LogP contribution in [-0.4, -0.2) is 366 Å². The average molecular weight is 1440 g/mol. The second kappa shape index (κ2) is 35.9. The normalized spacial score (nSPS) is 34.4. The molecule has 18 atom stereocenters. The third kappa shape index (κ3) is 24.0. The molecule has 7 saturated heterocycles. The Labute approximate surface area is 547 Å². The van der Waals surface area contributed by atoms with Crippen molar-refractivity contribution in [3.8, 4) is 0 Å². The van der Waals surface area contributed by atoms with Crippen LogP contribution in [0.3, 0.4) is 0 Å². The van der Waals surface area contributed by atoms with Crippen molar-refractivity contribution in [2.24, 2.45) is 0 Å². The zero-order chi connectivity index (χ0) is 68.1. The van der Waals surface area contributed by atoms with Gasteiger partial charge in [0, 0.05) is 138 Å². The van der Waals surface area contributed by atoms with E-state index in [0.717, 1.165) is 6.54 Å². The van der Waals surface area contributed by atoms with Gasteiger partial charge in [0.05, 0.1) is 148 Å². The van der Waals surface area contributed by atoms with Gasteiger partial charge in [-0.05, 0) is 55.8 Å². The van der Waals surface area contributed by atoms with E-state index in [1.807, 2.05) is 41.7 Å². The fraction of sp³-hybridized carbons (Fsp3) is 0.981. The minimum Gasteiger partial charge on any atom is -0.447 e. The number of nitrogens with zero attached hydrogens (tertiary/aromatic N) is 9. The summed E-state index contributed by atoms with van der Waals surface area (Å²) in [5.74, 6) is 0. The van der Waals surface area contributed by atoms with Crippen molar-refractivity contribution in [1.82, 2.24) is 42.5 Å². The highest BCUT2D eigenvalue weighted by Gasteiger charge is 2.45. The zero-order valence-corrected chi connectivity index (χ0v) is 61.7. The van der Waals surface area contributed by atoms with Gasteiger partial charge in [-0.25, -0.2) is 37.5 Å². The number of hydrogen-bond donors (Lipinski definition) is 1. The molecule has 0 radical (unpaired) electrons. The Bertz CT molecular complexity index is 2640. The third-order valence-corrected chi connectivity index (χ3v) is 29.2. The summed E-state index contributed by atoms with van der Waals surface area (Å²) in [6.07, 6.45) is -5.36. The summed E-state index contributed by atoms with van der Waals surface area (Å²) in [5.41, 5.74) is 0. The van der Waals surface area contributed by atoms with E-state index in [2.05, 4.69) is 4.90 Å². The Morgan fingerprint density at radius 2 is 0.783 bits per heavy atom. The van der Waals surface area contributed by atoms with Crippen molar-refractivity contribution in [2.45, 2.75) is 102 Å². The lowest BCUT2D eigenvalue weighted by molar-refractivity contribution is -0.0917. The van der Waals surface area contributed by atoms with Crippen LogP contribution in [0.25, 0.3) is 0 Å². The second-order valence-electron chi connectivity index (χ2n) is 25.5. The summed E-state index contributed by atoms with van der Waals surface area (Å²) in [4.78, 5) is 16.5. The van der Waals surface area contributed by atoms with Crippen molar-refractivity contribution in [1.29, 1.82) is 0 Å². The number of morpholine rings is 6. The van der Waals surface area contributed by atoms with Crippen LogP contribution >= 0.6 is 45.3 Å². The number of hydrogen-bond acceptors (Lipinski definition) is 24. The fourth-order valence-corrected chi connectivity index (χ4v) is 21.8. The predicted molar refractivity (Wildman–Crippen MR) is 345 cm³/mol. The topological polar surface area (TPSA) is 307 Å². The highest BCUT2D eigenvalue weighted by atomic mass is 31.2. The molecule has 0 aromatic heterocycles. The molecule has 538 valence electrons. The summed E-state index contributed by atoms with van der Waals surface area (Å²) in [5, 5.41) is 8.79. The average Bonchev–Trinajstić information content (AvgIpc) is 0.872. The van der Waals surface area contributed by atoms with Gasteiger partial charge < -0.3 is 84.7 Å². The van der Waals surface area contributed by atoms with Crippen LogP contribution in [0.15, 0.2) is 0 Å². The van der Waals surface area contributed by atoms with E-state index in [0.29, 0.717) is 32.8 Å². The minimum absolute atomic E-state index is 0.0120. The van der Waals surface area contributed by atoms with Crippen LogP contribution < -0.4 is 0 Å². The fourth-order valence-electron chi connectivity index (χ4n) is 12.0. The van der Waals surface area contributed by atoms with Gasteiger partial charge >= 0.3 is 13.8 Å². The summed E-state index contributed by atoms with van der Waals surface area (Å²) in [6.45, 7) is 21.1. The number of piperazine rings is 1. The second-order valence-corrected chi connectivity index (χ2v) is 40.2. The van der Waals surface area contributed by atoms with Gasteiger partial charge in [-0.15, -0.1) is 0 Å². The minimum atomic E-state index is -3.63. The van der Waals surface area contributed by atoms with Gasteiger partial charge in [-0.3, -0.25) is 27.4 Å². The lowest BCUT2D eigenvalue weighted by Crippen LogP contribution is -2.50. The molecule has 7 heterocycles. The summed E-state index contributed by atoms with van der Waals surface area (Å²) >= 11 is 0. The number of amides is 1. The Morgan fingerprint density at radius 1 is 0.446 bits per heavy atom. The quantitative estimate of drug-likeness (QED) is 0.0702. The van der Waals surface area contributed by atoms with Crippen molar-refractivity contribution >= 4 is 51.4 Å². The predicted octanol–water partition coefficient (Wildman–Crippen LogP) is 4.43. The number of carbonyl (C=O) groups is 1. The first-order valence-corrected chi connectivity index (χ1v) is 43.6. The summed E-state index contributed by atoms with van der Waals surface area (Å²) in [6, 6.07) is 0. The molecule has 7 rings (SSSR count). The van der Waals surface area contributed by atoms with Crippen LogP contribution in [0.4, 0.5) is 4.79 Å². The molecule has 7 aliphatic rings. The monoisotopic (exact) mass is 1440 g/mol. The number of rotatable bonds is 33. The first kappa shape index (κ1) is 77.5. The van der Waals surface area contributed by atoms with E-state index in [-0.39, 0.29) is 169 Å². The molecule has 0 aromatic rings. The van der Waals surface area contributed by atoms with Crippen molar-refractivity contribution < 1.29 is 108 Å². The lowest BCUT2D eigenvalue weighted by Gasteiger charge is -2.42. The first-order chi connectivity index (χ1) is 43.6. The number of aliphatic hydroxyl groups is 1. The first-order valence-electron chi connectivity index (χ1n) is 32.5. The highest BCUT2D eigenvalue weighted by Crippen LogP contribution is 2.56.